The Labute approximate surface area is 150 Å². The van der Waals surface area contributed by atoms with Crippen LogP contribution in [0.15, 0.2) is 40.9 Å². The molecule has 0 saturated heterocycles. The van der Waals surface area contributed by atoms with E-state index in [1.807, 2.05) is 43.3 Å². The zero-order valence-electron chi connectivity index (χ0n) is 14.0. The number of carbonyl (C=O) groups is 1. The average Bonchev–Trinajstić information content (AvgIpc) is 2.58. The molecule has 2 aromatic rings. The molecule has 0 aliphatic heterocycles. The van der Waals surface area contributed by atoms with Gasteiger partial charge in [-0.15, -0.1) is 0 Å². The molecule has 0 aliphatic carbocycles. The van der Waals surface area contributed by atoms with Crippen LogP contribution in [0.2, 0.25) is 0 Å². The first kappa shape index (κ1) is 18.3. The number of hydrogen-bond acceptors (Lipinski definition) is 4. The third-order valence-corrected chi connectivity index (χ3v) is 4.37. The molecule has 2 rings (SSSR count). The SMILES string of the molecule is COc1ccc(CNCC(=O)Nc2ccc(C)c(Br)c2)cc1OC. The number of ether oxygens (including phenoxy) is 2. The molecule has 0 atom stereocenters. The van der Waals surface area contributed by atoms with Crippen LogP contribution >= 0.6 is 15.9 Å². The highest BCUT2D eigenvalue weighted by atomic mass is 79.9. The fourth-order valence-corrected chi connectivity index (χ4v) is 2.57. The molecular weight excluding hydrogens is 372 g/mol. The predicted molar refractivity (Wildman–Crippen MR) is 98.8 cm³/mol. The smallest absolute Gasteiger partial charge is 0.238 e. The summed E-state index contributed by atoms with van der Waals surface area (Å²) < 4.78 is 11.4. The minimum atomic E-state index is -0.0915. The van der Waals surface area contributed by atoms with Gasteiger partial charge in [0.05, 0.1) is 20.8 Å². The first-order chi connectivity index (χ1) is 11.5. The van der Waals surface area contributed by atoms with Gasteiger partial charge in [-0.05, 0) is 42.3 Å². The second-order valence-electron chi connectivity index (χ2n) is 5.31. The highest BCUT2D eigenvalue weighted by Crippen LogP contribution is 2.27. The molecule has 0 unspecified atom stereocenters. The molecule has 2 aromatic carbocycles. The monoisotopic (exact) mass is 392 g/mol. The van der Waals surface area contributed by atoms with Crippen molar-refractivity contribution < 1.29 is 14.3 Å². The molecule has 6 heteroatoms. The molecule has 0 heterocycles. The fraction of sp³-hybridized carbons (Fsp3) is 0.278. The van der Waals surface area contributed by atoms with E-state index in [0.717, 1.165) is 21.3 Å². The van der Waals surface area contributed by atoms with Crippen molar-refractivity contribution in [3.05, 3.63) is 52.0 Å². The molecule has 24 heavy (non-hydrogen) atoms. The summed E-state index contributed by atoms with van der Waals surface area (Å²) in [6, 6.07) is 11.4. The Morgan fingerprint density at radius 2 is 1.83 bits per heavy atom. The van der Waals surface area contributed by atoms with Gasteiger partial charge in [-0.3, -0.25) is 4.79 Å². The lowest BCUT2D eigenvalue weighted by molar-refractivity contribution is -0.115. The first-order valence-electron chi connectivity index (χ1n) is 7.51. The summed E-state index contributed by atoms with van der Waals surface area (Å²) in [7, 11) is 3.20. The van der Waals surface area contributed by atoms with Crippen LogP contribution in [0.4, 0.5) is 5.69 Å². The molecule has 1 amide bonds. The average molecular weight is 393 g/mol. The van der Waals surface area contributed by atoms with Gasteiger partial charge in [-0.25, -0.2) is 0 Å². The highest BCUT2D eigenvalue weighted by Gasteiger charge is 2.06. The number of halogens is 1. The molecular formula is C18H21BrN2O3. The van der Waals surface area contributed by atoms with E-state index in [9.17, 15) is 4.79 Å². The van der Waals surface area contributed by atoms with E-state index in [1.165, 1.54) is 0 Å². The van der Waals surface area contributed by atoms with Crippen molar-refractivity contribution in [2.45, 2.75) is 13.5 Å². The molecule has 0 aliphatic rings. The summed E-state index contributed by atoms with van der Waals surface area (Å²) in [5.74, 6) is 1.26. The molecule has 0 radical (unpaired) electrons. The minimum absolute atomic E-state index is 0.0915. The second-order valence-corrected chi connectivity index (χ2v) is 6.16. The van der Waals surface area contributed by atoms with Crippen LogP contribution in [-0.4, -0.2) is 26.7 Å². The van der Waals surface area contributed by atoms with Crippen molar-refractivity contribution in [1.82, 2.24) is 5.32 Å². The summed E-state index contributed by atoms with van der Waals surface area (Å²) >= 11 is 3.46. The first-order valence-corrected chi connectivity index (χ1v) is 8.30. The normalized spacial score (nSPS) is 10.3. The van der Waals surface area contributed by atoms with Crippen molar-refractivity contribution in [2.24, 2.45) is 0 Å². The lowest BCUT2D eigenvalue weighted by atomic mass is 10.2. The summed E-state index contributed by atoms with van der Waals surface area (Å²) in [5.41, 5.74) is 2.91. The van der Waals surface area contributed by atoms with Gasteiger partial charge in [0.15, 0.2) is 11.5 Å². The Morgan fingerprint density at radius 3 is 2.50 bits per heavy atom. The third-order valence-electron chi connectivity index (χ3n) is 3.52. The number of aryl methyl sites for hydroxylation is 1. The third kappa shape index (κ3) is 4.97. The Kier molecular flexibility index (Phi) is 6.63. The number of carbonyl (C=O) groups excluding carboxylic acids is 1. The zero-order chi connectivity index (χ0) is 17.5. The molecule has 2 N–H and O–H groups in total. The van der Waals surface area contributed by atoms with E-state index in [-0.39, 0.29) is 12.5 Å². The van der Waals surface area contributed by atoms with Gasteiger partial charge < -0.3 is 20.1 Å². The fourth-order valence-electron chi connectivity index (χ4n) is 2.19. The van der Waals surface area contributed by atoms with Crippen LogP contribution in [0.1, 0.15) is 11.1 Å². The highest BCUT2D eigenvalue weighted by molar-refractivity contribution is 9.10. The van der Waals surface area contributed by atoms with Gasteiger partial charge in [0.25, 0.3) is 0 Å². The van der Waals surface area contributed by atoms with Crippen molar-refractivity contribution in [1.29, 1.82) is 0 Å². The van der Waals surface area contributed by atoms with Crippen molar-refractivity contribution in [2.75, 3.05) is 26.1 Å². The van der Waals surface area contributed by atoms with Crippen LogP contribution in [0, 0.1) is 6.92 Å². The lowest BCUT2D eigenvalue weighted by Gasteiger charge is -2.11. The number of rotatable bonds is 7. The maximum atomic E-state index is 12.0. The van der Waals surface area contributed by atoms with Crippen LogP contribution in [0.3, 0.4) is 0 Å². The van der Waals surface area contributed by atoms with Crippen molar-refractivity contribution in [3.8, 4) is 11.5 Å². The van der Waals surface area contributed by atoms with E-state index in [0.29, 0.717) is 18.0 Å². The maximum Gasteiger partial charge on any atom is 0.238 e. The van der Waals surface area contributed by atoms with Crippen molar-refractivity contribution in [3.63, 3.8) is 0 Å². The number of benzene rings is 2. The minimum Gasteiger partial charge on any atom is -0.493 e. The molecule has 0 fully saturated rings. The van der Waals surface area contributed by atoms with E-state index in [2.05, 4.69) is 26.6 Å². The van der Waals surface area contributed by atoms with E-state index < -0.39 is 0 Å². The summed E-state index contributed by atoms with van der Waals surface area (Å²) in [4.78, 5) is 12.0. The van der Waals surface area contributed by atoms with Crippen LogP contribution in [0.25, 0.3) is 0 Å². The molecule has 128 valence electrons. The quantitative estimate of drug-likeness (QED) is 0.756. The van der Waals surface area contributed by atoms with E-state index in [4.69, 9.17) is 9.47 Å². The number of nitrogens with one attached hydrogen (secondary N) is 2. The Morgan fingerprint density at radius 1 is 1.08 bits per heavy atom. The molecule has 0 bridgehead atoms. The molecule has 0 saturated carbocycles. The summed E-state index contributed by atoms with van der Waals surface area (Å²) in [5, 5.41) is 5.98. The topological polar surface area (TPSA) is 59.6 Å². The zero-order valence-corrected chi connectivity index (χ0v) is 15.6. The molecule has 0 aromatic heterocycles. The van der Waals surface area contributed by atoms with Crippen molar-refractivity contribution >= 4 is 27.5 Å². The Bertz CT molecular complexity index is 719. The largest absolute Gasteiger partial charge is 0.493 e. The van der Waals surface area contributed by atoms with Crippen LogP contribution in [-0.2, 0) is 11.3 Å². The van der Waals surface area contributed by atoms with Crippen LogP contribution < -0.4 is 20.1 Å². The second kappa shape index (κ2) is 8.70. The van der Waals surface area contributed by atoms with Gasteiger partial charge in [0.1, 0.15) is 0 Å². The van der Waals surface area contributed by atoms with Gasteiger partial charge in [-0.1, -0.05) is 28.1 Å². The molecule has 0 spiro atoms. The number of methoxy groups -OCH3 is 2. The van der Waals surface area contributed by atoms with E-state index in [1.54, 1.807) is 14.2 Å². The number of amides is 1. The maximum absolute atomic E-state index is 12.0. The van der Waals surface area contributed by atoms with Gasteiger partial charge >= 0.3 is 0 Å². The Balaban J connectivity index is 1.85. The number of hydrogen-bond donors (Lipinski definition) is 2. The van der Waals surface area contributed by atoms with Gasteiger partial charge in [-0.2, -0.15) is 0 Å². The number of anilines is 1. The van der Waals surface area contributed by atoms with Gasteiger partial charge in [0, 0.05) is 16.7 Å². The summed E-state index contributed by atoms with van der Waals surface area (Å²) in [6.07, 6.45) is 0. The molecule has 5 nitrogen and oxygen atoms in total. The summed E-state index contributed by atoms with van der Waals surface area (Å²) in [6.45, 7) is 2.78. The Hall–Kier alpha value is -2.05. The predicted octanol–water partition coefficient (Wildman–Crippen LogP) is 3.50. The lowest BCUT2D eigenvalue weighted by Crippen LogP contribution is -2.27. The standard InChI is InChI=1S/C18H21BrN2O3/c1-12-4-6-14(9-15(12)19)21-18(22)11-20-10-13-5-7-16(23-2)17(8-13)24-3/h4-9,20H,10-11H2,1-3H3,(H,21,22). The van der Waals surface area contributed by atoms with Crippen LogP contribution in [0.5, 0.6) is 11.5 Å². The van der Waals surface area contributed by atoms with Gasteiger partial charge in [0.2, 0.25) is 5.91 Å². The van der Waals surface area contributed by atoms with E-state index >= 15 is 0 Å².